The van der Waals surface area contributed by atoms with Gasteiger partial charge in [-0.1, -0.05) is 27.7 Å². The van der Waals surface area contributed by atoms with Gasteiger partial charge in [-0.25, -0.2) is 0 Å². The van der Waals surface area contributed by atoms with Crippen LogP contribution in [0, 0.1) is 5.41 Å². The molecule has 0 spiro atoms. The van der Waals surface area contributed by atoms with E-state index in [4.69, 9.17) is 0 Å². The molecule has 1 unspecified atom stereocenters. The summed E-state index contributed by atoms with van der Waals surface area (Å²) in [5, 5.41) is 7.88. The Bertz CT molecular complexity index is 322. The van der Waals surface area contributed by atoms with Crippen LogP contribution in [0.2, 0.25) is 0 Å². The van der Waals surface area contributed by atoms with Gasteiger partial charge in [-0.15, -0.1) is 0 Å². The summed E-state index contributed by atoms with van der Waals surface area (Å²) in [4.78, 5) is 0. The molecule has 0 aliphatic heterocycles. The van der Waals surface area contributed by atoms with Crippen molar-refractivity contribution >= 4 is 0 Å². The predicted octanol–water partition coefficient (Wildman–Crippen LogP) is 2.77. The molecule has 3 heteroatoms. The monoisotopic (exact) mass is 237 g/mol. The van der Waals surface area contributed by atoms with Crippen LogP contribution in [0.15, 0.2) is 12.3 Å². The Morgan fingerprint density at radius 1 is 1.41 bits per heavy atom. The van der Waals surface area contributed by atoms with Gasteiger partial charge in [-0.05, 0) is 37.3 Å². The number of nitrogens with one attached hydrogen (secondary N) is 1. The summed E-state index contributed by atoms with van der Waals surface area (Å²) in [5.41, 5.74) is 1.63. The van der Waals surface area contributed by atoms with Crippen molar-refractivity contribution < 1.29 is 0 Å². The summed E-state index contributed by atoms with van der Waals surface area (Å²) < 4.78 is 1.97. The minimum atomic E-state index is 0.313. The van der Waals surface area contributed by atoms with E-state index in [0.717, 1.165) is 13.0 Å². The molecule has 0 saturated carbocycles. The topological polar surface area (TPSA) is 29.9 Å². The van der Waals surface area contributed by atoms with Gasteiger partial charge in [0.2, 0.25) is 0 Å². The first-order valence-electron chi connectivity index (χ1n) is 6.65. The Hall–Kier alpha value is -0.830. The highest BCUT2D eigenvalue weighted by Gasteiger charge is 2.23. The zero-order valence-electron chi connectivity index (χ0n) is 12.0. The minimum absolute atomic E-state index is 0.313. The minimum Gasteiger partial charge on any atom is -0.313 e. The normalized spacial score (nSPS) is 13.9. The molecular formula is C14H27N3. The van der Waals surface area contributed by atoms with E-state index in [9.17, 15) is 0 Å². The smallest absolute Gasteiger partial charge is 0.0492 e. The summed E-state index contributed by atoms with van der Waals surface area (Å²) in [5.74, 6) is 0. The van der Waals surface area contributed by atoms with Crippen molar-refractivity contribution in [1.82, 2.24) is 15.1 Å². The van der Waals surface area contributed by atoms with Gasteiger partial charge in [0.1, 0.15) is 0 Å². The van der Waals surface area contributed by atoms with Crippen molar-refractivity contribution in [2.24, 2.45) is 12.5 Å². The number of hydrogen-bond donors (Lipinski definition) is 1. The number of hydrogen-bond acceptors (Lipinski definition) is 2. The Balaban J connectivity index is 2.52. The molecule has 1 rings (SSSR count). The molecule has 1 aromatic heterocycles. The van der Waals surface area contributed by atoms with Crippen molar-refractivity contribution in [1.29, 1.82) is 0 Å². The maximum absolute atomic E-state index is 4.22. The molecule has 0 fully saturated rings. The highest BCUT2D eigenvalue weighted by Crippen LogP contribution is 2.23. The Morgan fingerprint density at radius 2 is 2.12 bits per heavy atom. The van der Waals surface area contributed by atoms with E-state index in [2.05, 4.69) is 44.2 Å². The second-order valence-electron chi connectivity index (χ2n) is 5.86. The molecule has 3 nitrogen and oxygen atoms in total. The molecule has 0 radical (unpaired) electrons. The van der Waals surface area contributed by atoms with Crippen molar-refractivity contribution in [2.75, 3.05) is 6.54 Å². The molecular weight excluding hydrogens is 210 g/mol. The summed E-state index contributed by atoms with van der Waals surface area (Å²) in [7, 11) is 2.01. The number of aryl methyl sites for hydroxylation is 2. The first kappa shape index (κ1) is 14.2. The third kappa shape index (κ3) is 4.50. The average Bonchev–Trinajstić information content (AvgIpc) is 2.62. The van der Waals surface area contributed by atoms with Crippen molar-refractivity contribution in [3.63, 3.8) is 0 Å². The van der Waals surface area contributed by atoms with E-state index in [0.29, 0.717) is 11.5 Å². The quantitative estimate of drug-likeness (QED) is 0.824. The van der Waals surface area contributed by atoms with Crippen LogP contribution in [0.1, 0.15) is 46.2 Å². The Labute approximate surface area is 106 Å². The summed E-state index contributed by atoms with van der Waals surface area (Å²) in [6.07, 6.45) is 5.33. The summed E-state index contributed by atoms with van der Waals surface area (Å²) in [6.45, 7) is 10.2. The third-order valence-corrected chi connectivity index (χ3v) is 3.30. The van der Waals surface area contributed by atoms with Crippen molar-refractivity contribution in [3.8, 4) is 0 Å². The number of nitrogens with zero attached hydrogens (tertiary/aromatic N) is 2. The molecule has 17 heavy (non-hydrogen) atoms. The molecule has 0 aliphatic carbocycles. The Morgan fingerprint density at radius 3 is 2.59 bits per heavy atom. The molecule has 0 aliphatic rings. The van der Waals surface area contributed by atoms with E-state index < -0.39 is 0 Å². The van der Waals surface area contributed by atoms with Crippen molar-refractivity contribution in [3.05, 3.63) is 18.0 Å². The van der Waals surface area contributed by atoms with Gasteiger partial charge in [0.05, 0.1) is 0 Å². The SMILES string of the molecule is CCCNC(CCc1ccnn1C)C(C)(C)C. The third-order valence-electron chi connectivity index (χ3n) is 3.30. The van der Waals surface area contributed by atoms with Crippen LogP contribution in [0.5, 0.6) is 0 Å². The molecule has 1 atom stereocenters. The maximum Gasteiger partial charge on any atom is 0.0492 e. The molecule has 1 aromatic rings. The van der Waals surface area contributed by atoms with Gasteiger partial charge in [-0.2, -0.15) is 5.10 Å². The zero-order chi connectivity index (χ0) is 12.9. The number of rotatable bonds is 6. The van der Waals surface area contributed by atoms with Crippen LogP contribution in [0.4, 0.5) is 0 Å². The summed E-state index contributed by atoms with van der Waals surface area (Å²) >= 11 is 0. The van der Waals surface area contributed by atoms with Gasteiger partial charge in [0.15, 0.2) is 0 Å². The fourth-order valence-electron chi connectivity index (χ4n) is 2.10. The molecule has 1 heterocycles. The standard InChI is InChI=1S/C14H27N3/c1-6-10-15-13(14(2,3)4)8-7-12-9-11-16-17(12)5/h9,11,13,15H,6-8,10H2,1-5H3. The molecule has 1 N–H and O–H groups in total. The van der Waals surface area contributed by atoms with Crippen LogP contribution in [-0.2, 0) is 13.5 Å². The second-order valence-corrected chi connectivity index (χ2v) is 5.86. The Kier molecular flexibility index (Phi) is 5.19. The maximum atomic E-state index is 4.22. The second kappa shape index (κ2) is 6.20. The van der Waals surface area contributed by atoms with Crippen LogP contribution in [0.25, 0.3) is 0 Å². The van der Waals surface area contributed by atoms with E-state index in [-0.39, 0.29) is 0 Å². The highest BCUT2D eigenvalue weighted by atomic mass is 15.2. The van der Waals surface area contributed by atoms with Crippen LogP contribution < -0.4 is 5.32 Å². The van der Waals surface area contributed by atoms with Crippen LogP contribution >= 0.6 is 0 Å². The van der Waals surface area contributed by atoms with E-state index in [1.807, 2.05) is 17.9 Å². The van der Waals surface area contributed by atoms with Gasteiger partial charge in [-0.3, -0.25) is 4.68 Å². The lowest BCUT2D eigenvalue weighted by molar-refractivity contribution is 0.254. The van der Waals surface area contributed by atoms with Gasteiger partial charge >= 0.3 is 0 Å². The fraction of sp³-hybridized carbons (Fsp3) is 0.786. The molecule has 0 amide bonds. The molecule has 0 bridgehead atoms. The largest absolute Gasteiger partial charge is 0.313 e. The lowest BCUT2D eigenvalue weighted by atomic mass is 9.83. The molecule has 0 saturated heterocycles. The zero-order valence-corrected chi connectivity index (χ0v) is 12.0. The van der Waals surface area contributed by atoms with Gasteiger partial charge in [0, 0.05) is 25.0 Å². The van der Waals surface area contributed by atoms with Gasteiger partial charge in [0.25, 0.3) is 0 Å². The first-order valence-corrected chi connectivity index (χ1v) is 6.65. The fourth-order valence-corrected chi connectivity index (χ4v) is 2.10. The van der Waals surface area contributed by atoms with E-state index in [1.165, 1.54) is 18.5 Å². The predicted molar refractivity (Wildman–Crippen MR) is 73.1 cm³/mol. The van der Waals surface area contributed by atoms with Crippen LogP contribution in [-0.4, -0.2) is 22.4 Å². The lowest BCUT2D eigenvalue weighted by Crippen LogP contribution is -2.41. The molecule has 98 valence electrons. The summed E-state index contributed by atoms with van der Waals surface area (Å²) in [6, 6.07) is 2.68. The number of aromatic nitrogens is 2. The average molecular weight is 237 g/mol. The first-order chi connectivity index (χ1) is 7.95. The van der Waals surface area contributed by atoms with Gasteiger partial charge < -0.3 is 5.32 Å². The molecule has 0 aromatic carbocycles. The van der Waals surface area contributed by atoms with E-state index in [1.54, 1.807) is 0 Å². The van der Waals surface area contributed by atoms with Crippen LogP contribution in [0.3, 0.4) is 0 Å². The van der Waals surface area contributed by atoms with E-state index >= 15 is 0 Å². The lowest BCUT2D eigenvalue weighted by Gasteiger charge is -2.31. The van der Waals surface area contributed by atoms with Crippen molar-refractivity contribution in [2.45, 2.75) is 53.0 Å². The highest BCUT2D eigenvalue weighted by molar-refractivity contribution is 5.01.